The van der Waals surface area contributed by atoms with Gasteiger partial charge >= 0.3 is 0 Å². The van der Waals surface area contributed by atoms with Crippen molar-refractivity contribution in [2.24, 2.45) is 0 Å². The van der Waals surface area contributed by atoms with E-state index in [0.717, 1.165) is 6.07 Å². The molecule has 4 aromatic carbocycles. The number of benzene rings is 4. The Morgan fingerprint density at radius 1 is 0.842 bits per heavy atom. The molecule has 0 unspecified atom stereocenters. The maximum absolute atomic E-state index is 14.5. The van der Waals surface area contributed by atoms with Crippen LogP contribution in [0, 0.1) is 11.6 Å². The minimum absolute atomic E-state index is 0.157. The van der Waals surface area contributed by atoms with Crippen LogP contribution in [-0.4, -0.2) is 26.0 Å². The lowest BCUT2D eigenvalue weighted by Crippen LogP contribution is -2.46. The molecular weight excluding hydrogens is 490 g/mol. The molecule has 0 bridgehead atoms. The first kappa shape index (κ1) is 25.0. The van der Waals surface area contributed by atoms with Crippen molar-refractivity contribution in [3.05, 3.63) is 119 Å². The minimum Gasteiger partial charge on any atom is -0.497 e. The van der Waals surface area contributed by atoms with E-state index >= 15 is 0 Å². The quantitative estimate of drug-likeness (QED) is 0.337. The van der Waals surface area contributed by atoms with Crippen molar-refractivity contribution in [1.82, 2.24) is 0 Å². The highest BCUT2D eigenvalue weighted by Crippen LogP contribution is 2.46. The van der Waals surface area contributed by atoms with E-state index < -0.39 is 29.5 Å². The number of rotatable bonds is 6. The highest BCUT2D eigenvalue weighted by atomic mass is 19.1. The molecule has 0 saturated heterocycles. The third kappa shape index (κ3) is 4.56. The second-order valence-electron chi connectivity index (χ2n) is 8.77. The van der Waals surface area contributed by atoms with Gasteiger partial charge in [-0.25, -0.2) is 8.78 Å². The Hall–Kier alpha value is -4.72. The van der Waals surface area contributed by atoms with Crippen molar-refractivity contribution in [2.75, 3.05) is 24.4 Å². The van der Waals surface area contributed by atoms with Gasteiger partial charge in [0.2, 0.25) is 5.91 Å². The van der Waals surface area contributed by atoms with Crippen LogP contribution in [0.25, 0.3) is 0 Å². The van der Waals surface area contributed by atoms with Crippen LogP contribution < -0.4 is 19.7 Å². The standard InChI is InChI=1S/C30H24F2N2O4/c1-37-21-12-7-18(8-13-21)28-27(29(35)33-26-16-9-19(31)17-25(26)32)23-5-3-4-6-24(23)30(36)34(28)20-10-14-22(38-2)15-11-20/h3-17,27-28H,1-2H3,(H,33,35)/t27-,28-/m1/s1. The zero-order valence-corrected chi connectivity index (χ0v) is 20.7. The van der Waals surface area contributed by atoms with E-state index in [1.54, 1.807) is 91.9 Å². The summed E-state index contributed by atoms with van der Waals surface area (Å²) in [6.07, 6.45) is 0. The summed E-state index contributed by atoms with van der Waals surface area (Å²) in [5.74, 6) is -2.19. The Kier molecular flexibility index (Phi) is 6.79. The summed E-state index contributed by atoms with van der Waals surface area (Å²) in [4.78, 5) is 29.4. The van der Waals surface area contributed by atoms with Crippen LogP contribution in [0.4, 0.5) is 20.2 Å². The van der Waals surface area contributed by atoms with Gasteiger partial charge in [-0.05, 0) is 65.7 Å². The molecule has 0 fully saturated rings. The molecule has 0 aliphatic carbocycles. The summed E-state index contributed by atoms with van der Waals surface area (Å²) in [6.45, 7) is 0. The number of hydrogen-bond donors (Lipinski definition) is 1. The molecule has 0 saturated carbocycles. The number of carbonyl (C=O) groups is 2. The lowest BCUT2D eigenvalue weighted by atomic mass is 9.78. The number of halogens is 2. The number of ether oxygens (including phenoxy) is 2. The zero-order chi connectivity index (χ0) is 26.8. The molecule has 4 aromatic rings. The molecule has 192 valence electrons. The van der Waals surface area contributed by atoms with Gasteiger partial charge in [0.1, 0.15) is 23.1 Å². The van der Waals surface area contributed by atoms with Crippen molar-refractivity contribution in [3.8, 4) is 11.5 Å². The second-order valence-corrected chi connectivity index (χ2v) is 8.77. The van der Waals surface area contributed by atoms with E-state index in [2.05, 4.69) is 5.32 Å². The fraction of sp³-hybridized carbons (Fsp3) is 0.133. The van der Waals surface area contributed by atoms with Crippen LogP contribution >= 0.6 is 0 Å². The van der Waals surface area contributed by atoms with Crippen LogP contribution in [0.2, 0.25) is 0 Å². The molecule has 2 atom stereocenters. The highest BCUT2D eigenvalue weighted by molar-refractivity contribution is 6.12. The molecule has 0 radical (unpaired) electrons. The molecule has 1 aliphatic heterocycles. The topological polar surface area (TPSA) is 67.9 Å². The summed E-state index contributed by atoms with van der Waals surface area (Å²) in [5.41, 5.74) is 1.92. The molecule has 0 aromatic heterocycles. The molecule has 0 spiro atoms. The Bertz CT molecular complexity index is 1490. The SMILES string of the molecule is COc1ccc([C@@H]2[C@H](C(=O)Nc3ccc(F)cc3F)c3ccccc3C(=O)N2c2ccc(OC)cc2)cc1. The normalized spacial score (nSPS) is 16.5. The molecule has 38 heavy (non-hydrogen) atoms. The van der Waals surface area contributed by atoms with E-state index in [9.17, 15) is 18.4 Å². The number of fused-ring (bicyclic) bond motifs is 1. The second kappa shape index (κ2) is 10.3. The van der Waals surface area contributed by atoms with Gasteiger partial charge in [-0.3, -0.25) is 14.5 Å². The molecular formula is C30H24F2N2O4. The monoisotopic (exact) mass is 514 g/mol. The van der Waals surface area contributed by atoms with Gasteiger partial charge in [-0.15, -0.1) is 0 Å². The fourth-order valence-corrected chi connectivity index (χ4v) is 4.79. The lowest BCUT2D eigenvalue weighted by molar-refractivity contribution is -0.118. The molecule has 6 nitrogen and oxygen atoms in total. The summed E-state index contributed by atoms with van der Waals surface area (Å²) in [5, 5.41) is 2.61. The number of carbonyl (C=O) groups excluding carboxylic acids is 2. The van der Waals surface area contributed by atoms with Crippen molar-refractivity contribution >= 4 is 23.2 Å². The Balaban J connectivity index is 1.68. The highest BCUT2D eigenvalue weighted by Gasteiger charge is 2.45. The van der Waals surface area contributed by atoms with E-state index in [-0.39, 0.29) is 11.6 Å². The average Bonchev–Trinajstić information content (AvgIpc) is 2.94. The molecule has 5 rings (SSSR count). The van der Waals surface area contributed by atoms with Gasteiger partial charge in [0.05, 0.1) is 31.9 Å². The Labute approximate surface area is 218 Å². The predicted octanol–water partition coefficient (Wildman–Crippen LogP) is 6.11. The van der Waals surface area contributed by atoms with E-state index in [1.807, 2.05) is 0 Å². The Morgan fingerprint density at radius 2 is 1.47 bits per heavy atom. The third-order valence-electron chi connectivity index (χ3n) is 6.62. The summed E-state index contributed by atoms with van der Waals surface area (Å²) < 4.78 is 38.6. The van der Waals surface area contributed by atoms with Crippen LogP contribution in [0.5, 0.6) is 11.5 Å². The first-order valence-corrected chi connectivity index (χ1v) is 11.9. The van der Waals surface area contributed by atoms with Crippen molar-refractivity contribution < 1.29 is 27.8 Å². The molecule has 1 aliphatic rings. The molecule has 1 N–H and O–H groups in total. The first-order valence-electron chi connectivity index (χ1n) is 11.9. The first-order chi connectivity index (χ1) is 18.4. The predicted molar refractivity (Wildman–Crippen MR) is 140 cm³/mol. The summed E-state index contributed by atoms with van der Waals surface area (Å²) >= 11 is 0. The van der Waals surface area contributed by atoms with Gasteiger partial charge in [-0.2, -0.15) is 0 Å². The van der Waals surface area contributed by atoms with E-state index in [0.29, 0.717) is 39.9 Å². The average molecular weight is 515 g/mol. The Morgan fingerprint density at radius 3 is 2.11 bits per heavy atom. The van der Waals surface area contributed by atoms with Gasteiger partial charge in [-0.1, -0.05) is 30.3 Å². The molecule has 8 heteroatoms. The van der Waals surface area contributed by atoms with Gasteiger partial charge < -0.3 is 14.8 Å². The maximum Gasteiger partial charge on any atom is 0.259 e. The number of anilines is 2. The van der Waals surface area contributed by atoms with Crippen molar-refractivity contribution in [1.29, 1.82) is 0 Å². The van der Waals surface area contributed by atoms with Crippen LogP contribution in [-0.2, 0) is 4.79 Å². The molecule has 1 heterocycles. The molecule has 2 amide bonds. The number of methoxy groups -OCH3 is 2. The third-order valence-corrected chi connectivity index (χ3v) is 6.62. The summed E-state index contributed by atoms with van der Waals surface area (Å²) in [7, 11) is 3.10. The smallest absolute Gasteiger partial charge is 0.259 e. The maximum atomic E-state index is 14.5. The number of nitrogens with one attached hydrogen (secondary N) is 1. The van der Waals surface area contributed by atoms with E-state index in [4.69, 9.17) is 9.47 Å². The van der Waals surface area contributed by atoms with Gasteiger partial charge in [0.15, 0.2) is 0 Å². The van der Waals surface area contributed by atoms with Crippen molar-refractivity contribution in [2.45, 2.75) is 12.0 Å². The van der Waals surface area contributed by atoms with Crippen molar-refractivity contribution in [3.63, 3.8) is 0 Å². The van der Waals surface area contributed by atoms with Gasteiger partial charge in [0, 0.05) is 17.3 Å². The van der Waals surface area contributed by atoms with E-state index in [1.165, 1.54) is 6.07 Å². The number of hydrogen-bond acceptors (Lipinski definition) is 4. The number of amides is 2. The van der Waals surface area contributed by atoms with Crippen LogP contribution in [0.15, 0.2) is 91.0 Å². The number of nitrogens with zero attached hydrogens (tertiary/aromatic N) is 1. The zero-order valence-electron chi connectivity index (χ0n) is 20.7. The van der Waals surface area contributed by atoms with Crippen LogP contribution in [0.3, 0.4) is 0 Å². The minimum atomic E-state index is -0.927. The van der Waals surface area contributed by atoms with Crippen LogP contribution in [0.1, 0.15) is 33.4 Å². The largest absolute Gasteiger partial charge is 0.497 e. The lowest BCUT2D eigenvalue weighted by Gasteiger charge is -2.42. The van der Waals surface area contributed by atoms with Gasteiger partial charge in [0.25, 0.3) is 5.91 Å². The fourth-order valence-electron chi connectivity index (χ4n) is 4.79. The summed E-state index contributed by atoms with van der Waals surface area (Å²) in [6, 6.07) is 23.1.